The Morgan fingerprint density at radius 1 is 1.00 bits per heavy atom. The number of hydrogen-bond donors (Lipinski definition) is 1. The first-order chi connectivity index (χ1) is 10.1. The van der Waals surface area contributed by atoms with Crippen molar-refractivity contribution in [1.82, 2.24) is 4.98 Å². The average Bonchev–Trinajstić information content (AvgIpc) is 2.49. The van der Waals surface area contributed by atoms with Crippen molar-refractivity contribution in [2.45, 2.75) is 6.54 Å². The fourth-order valence-corrected chi connectivity index (χ4v) is 2.39. The zero-order valence-corrected chi connectivity index (χ0v) is 12.5. The van der Waals surface area contributed by atoms with Crippen molar-refractivity contribution in [3.8, 4) is 0 Å². The number of para-hydroxylation sites is 1. The number of halogens is 3. The highest BCUT2D eigenvalue weighted by atomic mass is 79.9. The number of hydrogen-bond acceptors (Lipinski definition) is 2. The molecule has 0 spiro atoms. The van der Waals surface area contributed by atoms with E-state index in [4.69, 9.17) is 0 Å². The molecule has 0 radical (unpaired) electrons. The van der Waals surface area contributed by atoms with E-state index in [-0.39, 0.29) is 10.2 Å². The molecule has 5 heteroatoms. The van der Waals surface area contributed by atoms with Gasteiger partial charge in [0.1, 0.15) is 11.6 Å². The standard InChI is InChI=1S/C16H11BrF2N2/c17-12-7-16(14(19)8-13(12)18)20-9-11-6-5-10-3-1-2-4-15(10)21-11/h1-8,20H,9H2. The summed E-state index contributed by atoms with van der Waals surface area (Å²) in [5.74, 6) is -1.25. The molecule has 3 aromatic rings. The summed E-state index contributed by atoms with van der Waals surface area (Å²) in [5, 5.41) is 3.98. The minimum atomic E-state index is -0.628. The van der Waals surface area contributed by atoms with Gasteiger partial charge in [-0.1, -0.05) is 24.3 Å². The Labute approximate surface area is 129 Å². The van der Waals surface area contributed by atoms with Gasteiger partial charge in [-0.05, 0) is 34.1 Å². The molecule has 1 heterocycles. The lowest BCUT2D eigenvalue weighted by atomic mass is 10.2. The molecular formula is C16H11BrF2N2. The number of nitrogens with one attached hydrogen (secondary N) is 1. The van der Waals surface area contributed by atoms with Crippen LogP contribution in [0.2, 0.25) is 0 Å². The van der Waals surface area contributed by atoms with Crippen LogP contribution in [0.5, 0.6) is 0 Å². The van der Waals surface area contributed by atoms with Crippen LogP contribution in [0.15, 0.2) is 53.0 Å². The molecule has 0 unspecified atom stereocenters. The summed E-state index contributed by atoms with van der Waals surface area (Å²) in [6, 6.07) is 13.9. The van der Waals surface area contributed by atoms with Gasteiger partial charge in [-0.15, -0.1) is 0 Å². The number of aromatic nitrogens is 1. The number of benzene rings is 2. The summed E-state index contributed by atoms with van der Waals surface area (Å²) in [6.45, 7) is 0.361. The third-order valence-electron chi connectivity index (χ3n) is 3.13. The molecule has 21 heavy (non-hydrogen) atoms. The summed E-state index contributed by atoms with van der Waals surface area (Å²) in [6.07, 6.45) is 0. The van der Waals surface area contributed by atoms with Crippen LogP contribution < -0.4 is 5.32 Å². The normalized spacial score (nSPS) is 10.8. The van der Waals surface area contributed by atoms with Crippen molar-refractivity contribution in [3.05, 3.63) is 70.3 Å². The van der Waals surface area contributed by atoms with Gasteiger partial charge in [0.05, 0.1) is 27.9 Å². The van der Waals surface area contributed by atoms with E-state index in [1.165, 1.54) is 6.07 Å². The van der Waals surface area contributed by atoms with Gasteiger partial charge in [0.15, 0.2) is 0 Å². The monoisotopic (exact) mass is 348 g/mol. The topological polar surface area (TPSA) is 24.9 Å². The molecule has 1 aromatic heterocycles. The third-order valence-corrected chi connectivity index (χ3v) is 3.73. The maximum atomic E-state index is 13.6. The molecule has 106 valence electrons. The van der Waals surface area contributed by atoms with E-state index >= 15 is 0 Å². The molecule has 0 aliphatic heterocycles. The molecule has 3 rings (SSSR count). The summed E-state index contributed by atoms with van der Waals surface area (Å²) in [5.41, 5.74) is 1.91. The van der Waals surface area contributed by atoms with Gasteiger partial charge in [-0.3, -0.25) is 4.98 Å². The van der Waals surface area contributed by atoms with E-state index in [9.17, 15) is 8.78 Å². The fourth-order valence-electron chi connectivity index (χ4n) is 2.05. The van der Waals surface area contributed by atoms with Crippen molar-refractivity contribution in [1.29, 1.82) is 0 Å². The third kappa shape index (κ3) is 3.03. The van der Waals surface area contributed by atoms with Gasteiger partial charge >= 0.3 is 0 Å². The summed E-state index contributed by atoms with van der Waals surface area (Å²) >= 11 is 3.04. The molecule has 0 atom stereocenters. The lowest BCUT2D eigenvalue weighted by Gasteiger charge is -2.09. The Morgan fingerprint density at radius 2 is 1.81 bits per heavy atom. The number of pyridine rings is 1. The Hall–Kier alpha value is -2.01. The van der Waals surface area contributed by atoms with Gasteiger partial charge in [-0.25, -0.2) is 8.78 Å². The first kappa shape index (κ1) is 13.9. The van der Waals surface area contributed by atoms with Crippen LogP contribution in [-0.2, 0) is 6.54 Å². The van der Waals surface area contributed by atoms with Gasteiger partial charge < -0.3 is 5.32 Å². The number of rotatable bonds is 3. The van der Waals surface area contributed by atoms with Gasteiger partial charge in [0.2, 0.25) is 0 Å². The highest BCUT2D eigenvalue weighted by Crippen LogP contribution is 2.24. The van der Waals surface area contributed by atoms with Crippen LogP contribution >= 0.6 is 15.9 Å². The molecule has 0 fully saturated rings. The van der Waals surface area contributed by atoms with E-state index in [0.29, 0.717) is 6.54 Å². The summed E-state index contributed by atoms with van der Waals surface area (Å²) in [4.78, 5) is 4.49. The lowest BCUT2D eigenvalue weighted by Crippen LogP contribution is -2.04. The van der Waals surface area contributed by atoms with Crippen molar-refractivity contribution in [2.24, 2.45) is 0 Å². The van der Waals surface area contributed by atoms with E-state index in [2.05, 4.69) is 26.2 Å². The first-order valence-electron chi connectivity index (χ1n) is 6.36. The molecule has 0 amide bonds. The zero-order valence-electron chi connectivity index (χ0n) is 10.9. The van der Waals surface area contributed by atoms with E-state index in [1.807, 2.05) is 36.4 Å². The largest absolute Gasteiger partial charge is 0.377 e. The summed E-state index contributed by atoms with van der Waals surface area (Å²) in [7, 11) is 0. The SMILES string of the molecule is Fc1cc(F)c(NCc2ccc3ccccc3n2)cc1Br. The smallest absolute Gasteiger partial charge is 0.149 e. The maximum Gasteiger partial charge on any atom is 0.149 e. The Morgan fingerprint density at radius 3 is 2.67 bits per heavy atom. The van der Waals surface area contributed by atoms with Gasteiger partial charge in [0, 0.05) is 11.5 Å². The second-order valence-electron chi connectivity index (χ2n) is 4.60. The Bertz CT molecular complexity index is 805. The Balaban J connectivity index is 1.81. The van der Waals surface area contributed by atoms with E-state index in [0.717, 1.165) is 22.7 Å². The lowest BCUT2D eigenvalue weighted by molar-refractivity contribution is 0.580. The van der Waals surface area contributed by atoms with Gasteiger partial charge in [-0.2, -0.15) is 0 Å². The molecule has 1 N–H and O–H groups in total. The number of fused-ring (bicyclic) bond motifs is 1. The molecule has 0 aliphatic rings. The van der Waals surface area contributed by atoms with Crippen LogP contribution in [0, 0.1) is 11.6 Å². The van der Waals surface area contributed by atoms with Crippen molar-refractivity contribution < 1.29 is 8.78 Å². The fraction of sp³-hybridized carbons (Fsp3) is 0.0625. The van der Waals surface area contributed by atoms with Crippen molar-refractivity contribution in [2.75, 3.05) is 5.32 Å². The van der Waals surface area contributed by atoms with E-state index < -0.39 is 11.6 Å². The molecular weight excluding hydrogens is 338 g/mol. The molecule has 0 bridgehead atoms. The predicted molar refractivity (Wildman–Crippen MR) is 83.1 cm³/mol. The second kappa shape index (κ2) is 5.77. The number of nitrogens with zero attached hydrogens (tertiary/aromatic N) is 1. The number of anilines is 1. The maximum absolute atomic E-state index is 13.6. The van der Waals surface area contributed by atoms with Crippen LogP contribution in [0.1, 0.15) is 5.69 Å². The van der Waals surface area contributed by atoms with E-state index in [1.54, 1.807) is 0 Å². The summed E-state index contributed by atoms with van der Waals surface area (Å²) < 4.78 is 27.0. The van der Waals surface area contributed by atoms with Crippen LogP contribution in [0.3, 0.4) is 0 Å². The quantitative estimate of drug-likeness (QED) is 0.681. The molecule has 2 nitrogen and oxygen atoms in total. The average molecular weight is 349 g/mol. The molecule has 0 saturated carbocycles. The molecule has 0 saturated heterocycles. The second-order valence-corrected chi connectivity index (χ2v) is 5.45. The van der Waals surface area contributed by atoms with Crippen LogP contribution in [-0.4, -0.2) is 4.98 Å². The Kier molecular flexibility index (Phi) is 3.84. The minimum absolute atomic E-state index is 0.220. The zero-order chi connectivity index (χ0) is 14.8. The molecule has 0 aliphatic carbocycles. The highest BCUT2D eigenvalue weighted by Gasteiger charge is 2.08. The van der Waals surface area contributed by atoms with Crippen molar-refractivity contribution >= 4 is 32.5 Å². The highest BCUT2D eigenvalue weighted by molar-refractivity contribution is 9.10. The van der Waals surface area contributed by atoms with Gasteiger partial charge in [0.25, 0.3) is 0 Å². The van der Waals surface area contributed by atoms with Crippen molar-refractivity contribution in [3.63, 3.8) is 0 Å². The molecule has 2 aromatic carbocycles. The predicted octanol–water partition coefficient (Wildman–Crippen LogP) is 4.89. The van der Waals surface area contributed by atoms with Crippen LogP contribution in [0.25, 0.3) is 10.9 Å². The van der Waals surface area contributed by atoms with Crippen LogP contribution in [0.4, 0.5) is 14.5 Å². The first-order valence-corrected chi connectivity index (χ1v) is 7.16. The minimum Gasteiger partial charge on any atom is -0.377 e.